The van der Waals surface area contributed by atoms with Crippen molar-refractivity contribution < 1.29 is 4.39 Å². The van der Waals surface area contributed by atoms with Gasteiger partial charge in [-0.25, -0.2) is 14.4 Å². The summed E-state index contributed by atoms with van der Waals surface area (Å²) in [5.41, 5.74) is 1.54. The third-order valence-electron chi connectivity index (χ3n) is 2.50. The van der Waals surface area contributed by atoms with E-state index in [4.69, 9.17) is 11.6 Å². The molecule has 0 radical (unpaired) electrons. The minimum absolute atomic E-state index is 0.262. The van der Waals surface area contributed by atoms with E-state index in [0.717, 1.165) is 0 Å². The molecule has 0 N–H and O–H groups in total. The first-order valence-corrected chi connectivity index (χ1v) is 5.38. The Hall–Kier alpha value is -1.94. The number of nitrogens with zero attached hydrogens (tertiary/aromatic N) is 3. The summed E-state index contributed by atoms with van der Waals surface area (Å²) in [4.78, 5) is 8.26. The average Bonchev–Trinajstić information content (AvgIpc) is 2.78. The number of rotatable bonds is 1. The summed E-state index contributed by atoms with van der Waals surface area (Å²) in [6, 6.07) is 8.14. The van der Waals surface area contributed by atoms with E-state index in [2.05, 4.69) is 9.97 Å². The van der Waals surface area contributed by atoms with Gasteiger partial charge >= 0.3 is 0 Å². The number of fused-ring (bicyclic) bond motifs is 1. The van der Waals surface area contributed by atoms with E-state index in [1.165, 1.54) is 6.07 Å². The SMILES string of the molecule is Fc1ccccc1-c1cc2nccn2c(Cl)n1. The molecule has 0 unspecified atom stereocenters. The van der Waals surface area contributed by atoms with E-state index in [9.17, 15) is 4.39 Å². The van der Waals surface area contributed by atoms with Gasteiger partial charge in [0.05, 0.1) is 5.69 Å². The van der Waals surface area contributed by atoms with Crippen LogP contribution in [0.4, 0.5) is 4.39 Å². The minimum Gasteiger partial charge on any atom is -0.274 e. The van der Waals surface area contributed by atoms with Gasteiger partial charge in [0.2, 0.25) is 5.28 Å². The summed E-state index contributed by atoms with van der Waals surface area (Å²) < 4.78 is 15.3. The van der Waals surface area contributed by atoms with Gasteiger partial charge in [0, 0.05) is 24.0 Å². The van der Waals surface area contributed by atoms with Crippen LogP contribution in [0.3, 0.4) is 0 Å². The summed E-state index contributed by atoms with van der Waals surface area (Å²) >= 11 is 6.00. The fourth-order valence-corrected chi connectivity index (χ4v) is 1.93. The molecule has 1 aromatic carbocycles. The smallest absolute Gasteiger partial charge is 0.209 e. The quantitative estimate of drug-likeness (QED) is 0.618. The Morgan fingerprint density at radius 3 is 2.88 bits per heavy atom. The molecule has 0 atom stereocenters. The van der Waals surface area contributed by atoms with Crippen molar-refractivity contribution in [3.63, 3.8) is 0 Å². The van der Waals surface area contributed by atoms with Gasteiger partial charge in [0.25, 0.3) is 0 Å². The van der Waals surface area contributed by atoms with Gasteiger partial charge < -0.3 is 0 Å². The van der Waals surface area contributed by atoms with E-state index >= 15 is 0 Å². The van der Waals surface area contributed by atoms with Crippen LogP contribution in [0.5, 0.6) is 0 Å². The molecule has 2 aromatic heterocycles. The predicted octanol–water partition coefficient (Wildman–Crippen LogP) is 3.19. The van der Waals surface area contributed by atoms with Gasteiger partial charge in [0.15, 0.2) is 0 Å². The zero-order valence-corrected chi connectivity index (χ0v) is 9.39. The molecule has 3 nitrogen and oxygen atoms in total. The lowest BCUT2D eigenvalue weighted by atomic mass is 10.1. The minimum atomic E-state index is -0.327. The Labute approximate surface area is 102 Å². The monoisotopic (exact) mass is 247 g/mol. The first-order valence-electron chi connectivity index (χ1n) is 5.00. The molecule has 0 spiro atoms. The Balaban J connectivity index is 2.28. The highest BCUT2D eigenvalue weighted by Crippen LogP contribution is 2.23. The topological polar surface area (TPSA) is 30.2 Å². The molecule has 0 saturated heterocycles. The molecular formula is C12H7ClFN3. The third-order valence-corrected chi connectivity index (χ3v) is 2.76. The second-order valence-electron chi connectivity index (χ2n) is 3.55. The lowest BCUT2D eigenvalue weighted by Gasteiger charge is -2.04. The maximum Gasteiger partial charge on any atom is 0.209 e. The summed E-state index contributed by atoms with van der Waals surface area (Å²) in [5, 5.41) is 0.262. The standard InChI is InChI=1S/C12H7ClFN3/c13-12-16-10(7-11-15-5-6-17(11)12)8-3-1-2-4-9(8)14/h1-7H. The van der Waals surface area contributed by atoms with E-state index < -0.39 is 0 Å². The lowest BCUT2D eigenvalue weighted by molar-refractivity contribution is 0.630. The number of halogens is 2. The van der Waals surface area contributed by atoms with Crippen LogP contribution >= 0.6 is 11.6 Å². The molecule has 0 amide bonds. The van der Waals surface area contributed by atoms with E-state index in [-0.39, 0.29) is 11.1 Å². The molecule has 5 heteroatoms. The van der Waals surface area contributed by atoms with Crippen LogP contribution in [0.15, 0.2) is 42.7 Å². The van der Waals surface area contributed by atoms with Gasteiger partial charge in [0.1, 0.15) is 11.5 Å². The Morgan fingerprint density at radius 2 is 2.06 bits per heavy atom. The summed E-state index contributed by atoms with van der Waals surface area (Å²) in [5.74, 6) is -0.327. The molecule has 2 heterocycles. The number of hydrogen-bond acceptors (Lipinski definition) is 2. The fourth-order valence-electron chi connectivity index (χ4n) is 1.69. The molecule has 0 bridgehead atoms. The van der Waals surface area contributed by atoms with Crippen LogP contribution < -0.4 is 0 Å². The largest absolute Gasteiger partial charge is 0.274 e. The van der Waals surface area contributed by atoms with E-state index in [1.54, 1.807) is 41.1 Å². The highest BCUT2D eigenvalue weighted by atomic mass is 35.5. The van der Waals surface area contributed by atoms with Crippen molar-refractivity contribution >= 4 is 17.2 Å². The molecule has 0 fully saturated rings. The molecule has 0 saturated carbocycles. The highest BCUT2D eigenvalue weighted by Gasteiger charge is 2.09. The van der Waals surface area contributed by atoms with Crippen molar-refractivity contribution in [2.75, 3.05) is 0 Å². The lowest BCUT2D eigenvalue weighted by Crippen LogP contribution is -1.94. The van der Waals surface area contributed by atoms with Crippen molar-refractivity contribution in [3.05, 3.63) is 53.8 Å². The van der Waals surface area contributed by atoms with Crippen LogP contribution in [0.25, 0.3) is 16.9 Å². The summed E-state index contributed by atoms with van der Waals surface area (Å²) in [6.07, 6.45) is 3.32. The zero-order valence-electron chi connectivity index (χ0n) is 8.64. The number of hydrogen-bond donors (Lipinski definition) is 0. The molecule has 17 heavy (non-hydrogen) atoms. The van der Waals surface area contributed by atoms with Crippen LogP contribution in [-0.2, 0) is 0 Å². The first-order chi connectivity index (χ1) is 8.25. The van der Waals surface area contributed by atoms with Crippen LogP contribution in [0.2, 0.25) is 5.28 Å². The molecule has 3 aromatic rings. The molecule has 0 aliphatic rings. The molecule has 84 valence electrons. The van der Waals surface area contributed by atoms with E-state index in [0.29, 0.717) is 16.9 Å². The van der Waals surface area contributed by atoms with Gasteiger partial charge in [-0.15, -0.1) is 0 Å². The average molecular weight is 248 g/mol. The van der Waals surface area contributed by atoms with Gasteiger partial charge in [-0.05, 0) is 23.7 Å². The highest BCUT2D eigenvalue weighted by molar-refractivity contribution is 6.28. The van der Waals surface area contributed by atoms with Gasteiger partial charge in [-0.2, -0.15) is 0 Å². The van der Waals surface area contributed by atoms with Crippen molar-refractivity contribution in [1.29, 1.82) is 0 Å². The van der Waals surface area contributed by atoms with Crippen LogP contribution in [-0.4, -0.2) is 14.4 Å². The molecule has 0 aliphatic heterocycles. The number of aromatic nitrogens is 3. The third kappa shape index (κ3) is 1.66. The second kappa shape index (κ2) is 3.82. The van der Waals surface area contributed by atoms with E-state index in [1.807, 2.05) is 0 Å². The number of benzene rings is 1. The van der Waals surface area contributed by atoms with Gasteiger partial charge in [-0.3, -0.25) is 4.40 Å². The van der Waals surface area contributed by atoms with Crippen molar-refractivity contribution in [1.82, 2.24) is 14.4 Å². The number of imidazole rings is 1. The normalized spacial score (nSPS) is 10.9. The van der Waals surface area contributed by atoms with Crippen molar-refractivity contribution in [2.24, 2.45) is 0 Å². The predicted molar refractivity (Wildman–Crippen MR) is 63.4 cm³/mol. The zero-order chi connectivity index (χ0) is 11.8. The van der Waals surface area contributed by atoms with Gasteiger partial charge in [-0.1, -0.05) is 12.1 Å². The maximum atomic E-state index is 13.6. The summed E-state index contributed by atoms with van der Waals surface area (Å²) in [7, 11) is 0. The Kier molecular flexibility index (Phi) is 2.30. The van der Waals surface area contributed by atoms with Crippen molar-refractivity contribution in [3.8, 4) is 11.3 Å². The first kappa shape index (κ1) is 10.2. The molecular weight excluding hydrogens is 241 g/mol. The molecule has 0 aliphatic carbocycles. The van der Waals surface area contributed by atoms with Crippen molar-refractivity contribution in [2.45, 2.75) is 0 Å². The molecule has 3 rings (SSSR count). The summed E-state index contributed by atoms with van der Waals surface area (Å²) in [6.45, 7) is 0. The Morgan fingerprint density at radius 1 is 1.24 bits per heavy atom. The van der Waals surface area contributed by atoms with Crippen LogP contribution in [0.1, 0.15) is 0 Å². The fraction of sp³-hybridized carbons (Fsp3) is 0. The second-order valence-corrected chi connectivity index (χ2v) is 3.88. The maximum absolute atomic E-state index is 13.6. The van der Waals surface area contributed by atoms with Crippen LogP contribution in [0, 0.1) is 5.82 Å². The Bertz CT molecular complexity index is 693.